The molecule has 1 heterocycles. The Labute approximate surface area is 161 Å². The van der Waals surface area contributed by atoms with Crippen LogP contribution in [0.3, 0.4) is 0 Å². The molecule has 1 amide bonds. The molecule has 0 unspecified atom stereocenters. The second kappa shape index (κ2) is 9.28. The van der Waals surface area contributed by atoms with Crippen LogP contribution in [0.1, 0.15) is 20.8 Å². The summed E-state index contributed by atoms with van der Waals surface area (Å²) >= 11 is 0. The molecule has 0 atom stereocenters. The monoisotopic (exact) mass is 371 g/mol. The number of amides is 1. The Morgan fingerprint density at radius 3 is 2.37 bits per heavy atom. The summed E-state index contributed by atoms with van der Waals surface area (Å²) in [5.74, 6) is 0. The molecule has 8 nitrogen and oxygen atoms in total. The van der Waals surface area contributed by atoms with Crippen LogP contribution in [0.2, 0.25) is 0 Å². The molecule has 0 radical (unpaired) electrons. The molecule has 27 heavy (non-hydrogen) atoms. The molecule has 2 N–H and O–H groups in total. The number of hydrogen-bond acceptors (Lipinski definition) is 7. The SMILES string of the molecule is CN1CCN(c2ccc(NC(=BOC#N)NC(=O)OC(C)(C)C)cc2)CC1. The summed E-state index contributed by atoms with van der Waals surface area (Å²) in [6.07, 6.45) is 0.900. The molecule has 1 aliphatic heterocycles. The van der Waals surface area contributed by atoms with Gasteiger partial charge in [-0.05, 0) is 0 Å². The van der Waals surface area contributed by atoms with Gasteiger partial charge in [-0.3, -0.25) is 0 Å². The fraction of sp³-hybridized carbons (Fsp3) is 0.500. The number of nitrogens with zero attached hydrogens (tertiary/aromatic N) is 3. The van der Waals surface area contributed by atoms with E-state index in [0.29, 0.717) is 0 Å². The zero-order chi connectivity index (χ0) is 19.9. The number of piperazine rings is 1. The van der Waals surface area contributed by atoms with Crippen LogP contribution in [-0.4, -0.2) is 62.7 Å². The van der Waals surface area contributed by atoms with Crippen molar-refractivity contribution in [1.29, 1.82) is 5.26 Å². The van der Waals surface area contributed by atoms with Gasteiger partial charge in [0.1, 0.15) is 0 Å². The van der Waals surface area contributed by atoms with Gasteiger partial charge in [-0.1, -0.05) is 0 Å². The maximum atomic E-state index is 11.9. The van der Waals surface area contributed by atoms with Crippen molar-refractivity contribution in [3.8, 4) is 6.26 Å². The molecule has 0 bridgehead atoms. The molecule has 2 rings (SSSR count). The van der Waals surface area contributed by atoms with E-state index < -0.39 is 11.7 Å². The number of likely N-dealkylation sites (N-methyl/N-ethyl adjacent to an activating group) is 1. The zero-order valence-corrected chi connectivity index (χ0v) is 16.3. The summed E-state index contributed by atoms with van der Waals surface area (Å²) in [5.41, 5.74) is 1.47. The first-order valence-electron chi connectivity index (χ1n) is 8.82. The Hall–Kier alpha value is -2.73. The van der Waals surface area contributed by atoms with E-state index in [1.165, 1.54) is 0 Å². The van der Waals surface area contributed by atoms with E-state index in [1.54, 1.807) is 27.0 Å². The van der Waals surface area contributed by atoms with Gasteiger partial charge in [0.05, 0.1) is 0 Å². The van der Waals surface area contributed by atoms with Gasteiger partial charge < -0.3 is 0 Å². The number of benzene rings is 1. The van der Waals surface area contributed by atoms with Gasteiger partial charge in [0.25, 0.3) is 0 Å². The maximum absolute atomic E-state index is 11.9. The van der Waals surface area contributed by atoms with Crippen molar-refractivity contribution in [3.05, 3.63) is 24.3 Å². The van der Waals surface area contributed by atoms with E-state index in [9.17, 15) is 4.79 Å². The molecule has 1 saturated heterocycles. The van der Waals surface area contributed by atoms with Crippen LogP contribution in [0.15, 0.2) is 24.3 Å². The van der Waals surface area contributed by atoms with Crippen LogP contribution in [-0.2, 0) is 9.39 Å². The minimum absolute atomic E-state index is 0.207. The van der Waals surface area contributed by atoms with E-state index in [4.69, 9.17) is 10.00 Å². The summed E-state index contributed by atoms with van der Waals surface area (Å²) in [7, 11) is 3.25. The summed E-state index contributed by atoms with van der Waals surface area (Å²) in [6.45, 7) is 9.37. The number of rotatable bonds is 5. The molecule has 1 aromatic rings. The number of ether oxygens (including phenoxy) is 1. The van der Waals surface area contributed by atoms with Crippen LogP contribution in [0, 0.1) is 11.5 Å². The van der Waals surface area contributed by atoms with Crippen molar-refractivity contribution in [3.63, 3.8) is 0 Å². The summed E-state index contributed by atoms with van der Waals surface area (Å²) in [4.78, 5) is 16.6. The molecule has 144 valence electrons. The van der Waals surface area contributed by atoms with E-state index >= 15 is 0 Å². The molecular weight excluding hydrogens is 345 g/mol. The summed E-state index contributed by atoms with van der Waals surface area (Å²) in [6, 6.07) is 7.85. The first kappa shape index (κ1) is 20.6. The van der Waals surface area contributed by atoms with Crippen LogP contribution in [0.5, 0.6) is 0 Å². The normalized spacial score (nSPS) is 15.4. The Bertz CT molecular complexity index is 701. The molecular formula is C18H26BN5O3. The molecule has 0 aromatic heterocycles. The Morgan fingerprint density at radius 1 is 1.19 bits per heavy atom. The summed E-state index contributed by atoms with van der Waals surface area (Å²) < 4.78 is 9.84. The van der Waals surface area contributed by atoms with Crippen molar-refractivity contribution < 1.29 is 14.2 Å². The van der Waals surface area contributed by atoms with E-state index in [0.717, 1.165) is 44.7 Å². The molecule has 0 spiro atoms. The van der Waals surface area contributed by atoms with Gasteiger partial charge in [0.2, 0.25) is 0 Å². The Morgan fingerprint density at radius 2 is 1.81 bits per heavy atom. The Kier molecular flexibility index (Phi) is 7.08. The average Bonchev–Trinajstić information content (AvgIpc) is 2.59. The molecule has 0 aliphatic carbocycles. The van der Waals surface area contributed by atoms with Crippen molar-refractivity contribution in [2.24, 2.45) is 0 Å². The molecule has 1 aromatic carbocycles. The average molecular weight is 371 g/mol. The van der Waals surface area contributed by atoms with Crippen molar-refractivity contribution >= 4 is 30.3 Å². The Balaban J connectivity index is 2.00. The van der Waals surface area contributed by atoms with Crippen molar-refractivity contribution in [1.82, 2.24) is 10.2 Å². The second-order valence-electron chi connectivity index (χ2n) is 7.33. The number of alkyl carbamates (subject to hydrolysis) is 1. The van der Waals surface area contributed by atoms with Crippen LogP contribution >= 0.6 is 0 Å². The number of carbonyl (C=O) groups excluding carboxylic acids is 1. The fourth-order valence-corrected chi connectivity index (χ4v) is 2.56. The van der Waals surface area contributed by atoms with Gasteiger partial charge >= 0.3 is 160 Å². The van der Waals surface area contributed by atoms with Crippen LogP contribution < -0.4 is 15.5 Å². The minimum atomic E-state index is -0.642. The second-order valence-corrected chi connectivity index (χ2v) is 7.33. The third-order valence-corrected chi connectivity index (χ3v) is 3.88. The number of anilines is 2. The van der Waals surface area contributed by atoms with Gasteiger partial charge in [0.15, 0.2) is 0 Å². The standard InChI is InChI=1S/C18H26BN5O3/c1-18(2,3)27-17(25)22-16(19-26-13-20)21-14-5-7-15(8-6-14)24-11-9-23(4)10-12-24/h5-8,21H,9-12H2,1-4H3,(H,22,25). The van der Waals surface area contributed by atoms with E-state index in [2.05, 4.69) is 32.1 Å². The first-order valence-corrected chi connectivity index (χ1v) is 8.82. The van der Waals surface area contributed by atoms with E-state index in [1.807, 2.05) is 24.3 Å². The number of hydrogen-bond donors (Lipinski definition) is 2. The number of nitrogens with one attached hydrogen (secondary N) is 2. The predicted octanol–water partition coefficient (Wildman–Crippen LogP) is 1.58. The van der Waals surface area contributed by atoms with E-state index in [-0.39, 0.29) is 5.71 Å². The van der Waals surface area contributed by atoms with Gasteiger partial charge in [0, 0.05) is 0 Å². The molecule has 0 saturated carbocycles. The molecule has 1 fully saturated rings. The zero-order valence-electron chi connectivity index (χ0n) is 16.3. The van der Waals surface area contributed by atoms with Crippen LogP contribution in [0.25, 0.3) is 0 Å². The van der Waals surface area contributed by atoms with Gasteiger partial charge in [-0.2, -0.15) is 0 Å². The number of nitriles is 1. The number of carbonyl (C=O) groups is 1. The summed E-state index contributed by atoms with van der Waals surface area (Å²) in [5, 5.41) is 14.2. The third-order valence-electron chi connectivity index (χ3n) is 3.88. The van der Waals surface area contributed by atoms with Crippen molar-refractivity contribution in [2.45, 2.75) is 26.4 Å². The van der Waals surface area contributed by atoms with Gasteiger partial charge in [-0.15, -0.1) is 0 Å². The first-order chi connectivity index (χ1) is 12.8. The third kappa shape index (κ3) is 7.19. The molecule has 1 aliphatic rings. The van der Waals surface area contributed by atoms with Crippen LogP contribution in [0.4, 0.5) is 16.2 Å². The molecule has 9 heteroatoms. The fourth-order valence-electron chi connectivity index (χ4n) is 2.56. The topological polar surface area (TPSA) is 89.9 Å². The van der Waals surface area contributed by atoms with Gasteiger partial charge in [-0.25, -0.2) is 0 Å². The predicted molar refractivity (Wildman–Crippen MR) is 107 cm³/mol. The quantitative estimate of drug-likeness (QED) is 0.600. The van der Waals surface area contributed by atoms with Crippen molar-refractivity contribution in [2.75, 3.05) is 43.4 Å².